The number of carbonyl (C=O) groups is 1. The predicted octanol–water partition coefficient (Wildman–Crippen LogP) is 2.79. The third kappa shape index (κ3) is 6.66. The molecule has 124 valence electrons. The number of carbonyl (C=O) groups excluding carboxylic acids is 1. The van der Waals surface area contributed by atoms with Crippen molar-refractivity contribution in [1.29, 1.82) is 0 Å². The third-order valence-corrected chi connectivity index (χ3v) is 3.78. The predicted molar refractivity (Wildman–Crippen MR) is 84.5 cm³/mol. The van der Waals surface area contributed by atoms with Gasteiger partial charge in [-0.1, -0.05) is 0 Å². The van der Waals surface area contributed by atoms with Crippen molar-refractivity contribution in [1.82, 2.24) is 10.2 Å². The fourth-order valence-corrected chi connectivity index (χ4v) is 2.70. The van der Waals surface area contributed by atoms with E-state index in [2.05, 4.69) is 19.2 Å². The van der Waals surface area contributed by atoms with Gasteiger partial charge in [0.25, 0.3) is 0 Å². The fourth-order valence-electron chi connectivity index (χ4n) is 2.70. The number of hydrogen-bond acceptors (Lipinski definition) is 4. The number of likely N-dealkylation sites (tertiary alicyclic amines) is 1. The lowest BCUT2D eigenvalue weighted by molar-refractivity contribution is 0.00895. The van der Waals surface area contributed by atoms with Crippen molar-refractivity contribution in [2.45, 2.75) is 77.6 Å². The number of rotatable bonds is 5. The third-order valence-electron chi connectivity index (χ3n) is 3.78. The Kier molecular flexibility index (Phi) is 6.94. The summed E-state index contributed by atoms with van der Waals surface area (Å²) in [5, 5.41) is 3.63. The minimum absolute atomic E-state index is 0.194. The molecule has 0 radical (unpaired) electrons. The van der Waals surface area contributed by atoms with E-state index in [1.165, 1.54) is 0 Å². The van der Waals surface area contributed by atoms with E-state index in [0.29, 0.717) is 12.1 Å². The van der Waals surface area contributed by atoms with E-state index in [-0.39, 0.29) is 12.1 Å². The van der Waals surface area contributed by atoms with Crippen molar-refractivity contribution in [2.24, 2.45) is 0 Å². The number of nitrogens with one attached hydrogen (secondary N) is 1. The van der Waals surface area contributed by atoms with Crippen molar-refractivity contribution >= 4 is 6.09 Å². The second-order valence-electron chi connectivity index (χ2n) is 7.09. The van der Waals surface area contributed by atoms with Crippen LogP contribution in [0.25, 0.3) is 0 Å². The molecular weight excluding hydrogens is 268 g/mol. The van der Waals surface area contributed by atoms with Crippen LogP contribution in [0.15, 0.2) is 0 Å². The summed E-state index contributed by atoms with van der Waals surface area (Å²) in [6, 6.07) is 1.11. The van der Waals surface area contributed by atoms with Gasteiger partial charge >= 0.3 is 6.09 Å². The zero-order chi connectivity index (χ0) is 16.0. The minimum atomic E-state index is -0.430. The Bertz CT molecular complexity index is 328. The lowest BCUT2D eigenvalue weighted by atomic mass is 9.97. The molecule has 1 rings (SSSR count). The molecule has 0 aromatic rings. The topological polar surface area (TPSA) is 50.8 Å². The summed E-state index contributed by atoms with van der Waals surface area (Å²) < 4.78 is 10.6. The molecule has 1 saturated heterocycles. The van der Waals surface area contributed by atoms with Gasteiger partial charge in [0.15, 0.2) is 0 Å². The van der Waals surface area contributed by atoms with Crippen LogP contribution in [0.3, 0.4) is 0 Å². The van der Waals surface area contributed by atoms with Gasteiger partial charge in [0, 0.05) is 38.4 Å². The number of nitrogens with zero attached hydrogens (tertiary/aromatic N) is 1. The van der Waals surface area contributed by atoms with E-state index in [9.17, 15) is 4.79 Å². The summed E-state index contributed by atoms with van der Waals surface area (Å²) in [4.78, 5) is 14.0. The van der Waals surface area contributed by atoms with E-state index >= 15 is 0 Å². The van der Waals surface area contributed by atoms with Crippen LogP contribution >= 0.6 is 0 Å². The van der Waals surface area contributed by atoms with Gasteiger partial charge in [-0.05, 0) is 53.9 Å². The Morgan fingerprint density at radius 2 is 2.10 bits per heavy atom. The van der Waals surface area contributed by atoms with E-state index in [0.717, 1.165) is 32.4 Å². The lowest BCUT2D eigenvalue weighted by Crippen LogP contribution is -2.52. The maximum absolute atomic E-state index is 12.2. The fraction of sp³-hybridized carbons (Fsp3) is 0.938. The first-order chi connectivity index (χ1) is 9.73. The molecule has 0 aliphatic carbocycles. The maximum Gasteiger partial charge on any atom is 0.410 e. The molecule has 3 unspecified atom stereocenters. The molecule has 0 bridgehead atoms. The van der Waals surface area contributed by atoms with Gasteiger partial charge in [0.05, 0.1) is 0 Å². The molecule has 0 aromatic carbocycles. The van der Waals surface area contributed by atoms with Crippen LogP contribution < -0.4 is 5.32 Å². The van der Waals surface area contributed by atoms with Gasteiger partial charge in [-0.25, -0.2) is 4.79 Å². The van der Waals surface area contributed by atoms with Crippen LogP contribution in [0, 0.1) is 0 Å². The van der Waals surface area contributed by atoms with Gasteiger partial charge in [-0.3, -0.25) is 0 Å². The summed E-state index contributed by atoms with van der Waals surface area (Å²) in [6.45, 7) is 11.5. The zero-order valence-corrected chi connectivity index (χ0v) is 14.4. The van der Waals surface area contributed by atoms with E-state index < -0.39 is 5.60 Å². The van der Waals surface area contributed by atoms with Gasteiger partial charge in [0.1, 0.15) is 5.60 Å². The lowest BCUT2D eigenvalue weighted by Gasteiger charge is -2.39. The first kappa shape index (κ1) is 18.2. The number of amides is 1. The summed E-state index contributed by atoms with van der Waals surface area (Å²) in [5.41, 5.74) is -0.430. The molecule has 0 saturated carbocycles. The first-order valence-corrected chi connectivity index (χ1v) is 7.97. The molecule has 1 amide bonds. The van der Waals surface area contributed by atoms with Crippen molar-refractivity contribution in [3.05, 3.63) is 0 Å². The van der Waals surface area contributed by atoms with Crippen molar-refractivity contribution in [2.75, 3.05) is 20.3 Å². The average molecular weight is 300 g/mol. The highest BCUT2D eigenvalue weighted by molar-refractivity contribution is 5.68. The molecule has 1 fully saturated rings. The number of methoxy groups -OCH3 is 1. The van der Waals surface area contributed by atoms with Gasteiger partial charge in [-0.15, -0.1) is 0 Å². The average Bonchev–Trinajstić information content (AvgIpc) is 2.34. The van der Waals surface area contributed by atoms with Crippen molar-refractivity contribution < 1.29 is 14.3 Å². The maximum atomic E-state index is 12.2. The SMILES string of the molecule is COCCC(C)NC1CCN(C(=O)OC(C)(C)C)C(C)C1. The Labute approximate surface area is 129 Å². The molecule has 1 aliphatic heterocycles. The summed E-state index contributed by atoms with van der Waals surface area (Å²) in [5.74, 6) is 0. The zero-order valence-electron chi connectivity index (χ0n) is 14.4. The number of hydrogen-bond donors (Lipinski definition) is 1. The van der Waals surface area contributed by atoms with Gasteiger partial charge in [0.2, 0.25) is 0 Å². The Hall–Kier alpha value is -0.810. The van der Waals surface area contributed by atoms with E-state index in [1.807, 2.05) is 25.7 Å². The van der Waals surface area contributed by atoms with Crippen molar-refractivity contribution in [3.63, 3.8) is 0 Å². The standard InChI is InChI=1S/C16H32N2O3/c1-12(8-10-20-6)17-14-7-9-18(13(2)11-14)15(19)21-16(3,4)5/h12-14,17H,7-11H2,1-6H3. The normalized spacial score (nSPS) is 24.8. The van der Waals surface area contributed by atoms with Gasteiger partial charge in [-0.2, -0.15) is 0 Å². The van der Waals surface area contributed by atoms with E-state index in [4.69, 9.17) is 9.47 Å². The molecule has 5 heteroatoms. The molecule has 3 atom stereocenters. The molecule has 21 heavy (non-hydrogen) atoms. The van der Waals surface area contributed by atoms with Crippen LogP contribution in [-0.4, -0.2) is 55.0 Å². The van der Waals surface area contributed by atoms with E-state index in [1.54, 1.807) is 7.11 Å². The summed E-state index contributed by atoms with van der Waals surface area (Å²) >= 11 is 0. The molecule has 1 aliphatic rings. The van der Waals surface area contributed by atoms with Gasteiger partial charge < -0.3 is 19.7 Å². The van der Waals surface area contributed by atoms with Crippen LogP contribution in [0.2, 0.25) is 0 Å². The number of ether oxygens (including phenoxy) is 2. The van der Waals surface area contributed by atoms with Crippen LogP contribution in [0.4, 0.5) is 4.79 Å². The highest BCUT2D eigenvalue weighted by Gasteiger charge is 2.31. The monoisotopic (exact) mass is 300 g/mol. The molecule has 1 heterocycles. The Balaban J connectivity index is 2.41. The summed E-state index contributed by atoms with van der Waals surface area (Å²) in [6.07, 6.45) is 2.76. The van der Waals surface area contributed by atoms with Crippen LogP contribution in [-0.2, 0) is 9.47 Å². The second-order valence-corrected chi connectivity index (χ2v) is 7.09. The number of piperidine rings is 1. The van der Waals surface area contributed by atoms with Crippen molar-refractivity contribution in [3.8, 4) is 0 Å². The van der Waals surface area contributed by atoms with Crippen LogP contribution in [0.5, 0.6) is 0 Å². The highest BCUT2D eigenvalue weighted by atomic mass is 16.6. The first-order valence-electron chi connectivity index (χ1n) is 7.97. The Morgan fingerprint density at radius 1 is 1.43 bits per heavy atom. The largest absolute Gasteiger partial charge is 0.444 e. The molecule has 1 N–H and O–H groups in total. The molecular formula is C16H32N2O3. The second kappa shape index (κ2) is 7.99. The molecule has 0 spiro atoms. The highest BCUT2D eigenvalue weighted by Crippen LogP contribution is 2.21. The molecule has 5 nitrogen and oxygen atoms in total. The van der Waals surface area contributed by atoms with Crippen LogP contribution in [0.1, 0.15) is 53.9 Å². The minimum Gasteiger partial charge on any atom is -0.444 e. The summed E-state index contributed by atoms with van der Waals surface area (Å²) in [7, 11) is 1.73. The Morgan fingerprint density at radius 3 is 2.62 bits per heavy atom. The smallest absolute Gasteiger partial charge is 0.410 e. The quantitative estimate of drug-likeness (QED) is 0.848. The molecule has 0 aromatic heterocycles.